The van der Waals surface area contributed by atoms with Crippen LogP contribution in [0.15, 0.2) is 30.5 Å². The van der Waals surface area contributed by atoms with Crippen LogP contribution in [0.4, 0.5) is 0 Å². The van der Waals surface area contributed by atoms with Crippen molar-refractivity contribution in [2.75, 3.05) is 7.11 Å². The highest BCUT2D eigenvalue weighted by Gasteiger charge is 2.05. The molecule has 1 heterocycles. The van der Waals surface area contributed by atoms with Crippen molar-refractivity contribution in [3.05, 3.63) is 36.0 Å². The maximum absolute atomic E-state index is 10.6. The number of fused-ring (bicyclic) bond motifs is 1. The largest absolute Gasteiger partial charge is 0.494 e. The Balaban J connectivity index is 2.51. The van der Waals surface area contributed by atoms with Crippen molar-refractivity contribution >= 4 is 16.9 Å². The van der Waals surface area contributed by atoms with Gasteiger partial charge in [0.1, 0.15) is 11.3 Å². The molecule has 0 spiro atoms. The number of hydrogen-bond donors (Lipinski definition) is 1. The second kappa shape index (κ2) is 4.18. The van der Waals surface area contributed by atoms with Crippen molar-refractivity contribution < 1.29 is 14.6 Å². The first-order valence-electron chi connectivity index (χ1n) is 4.84. The van der Waals surface area contributed by atoms with E-state index in [1.54, 1.807) is 13.3 Å². The van der Waals surface area contributed by atoms with E-state index >= 15 is 0 Å². The summed E-state index contributed by atoms with van der Waals surface area (Å²) in [5.41, 5.74) is 1.44. The molecule has 0 amide bonds. The molecule has 4 heteroatoms. The number of benzene rings is 1. The number of methoxy groups -OCH3 is 1. The average Bonchev–Trinajstić information content (AvgIpc) is 2.27. The van der Waals surface area contributed by atoms with Gasteiger partial charge in [0.15, 0.2) is 0 Å². The molecule has 0 fully saturated rings. The van der Waals surface area contributed by atoms with E-state index in [0.717, 1.165) is 10.9 Å². The lowest BCUT2D eigenvalue weighted by atomic mass is 10.1. The SMILES string of the molecule is COc1cccc2cc(CC(=O)O)cnc12. The molecule has 1 N–H and O–H groups in total. The highest BCUT2D eigenvalue weighted by atomic mass is 16.5. The fraction of sp³-hybridized carbons (Fsp3) is 0.167. The molecule has 0 aliphatic rings. The van der Waals surface area contributed by atoms with E-state index in [4.69, 9.17) is 9.84 Å². The molecular formula is C12H11NO3. The Morgan fingerprint density at radius 3 is 3.00 bits per heavy atom. The first kappa shape index (κ1) is 10.4. The van der Waals surface area contributed by atoms with Gasteiger partial charge in [-0.2, -0.15) is 0 Å². The van der Waals surface area contributed by atoms with Crippen LogP contribution >= 0.6 is 0 Å². The summed E-state index contributed by atoms with van der Waals surface area (Å²) < 4.78 is 5.17. The highest BCUT2D eigenvalue weighted by Crippen LogP contribution is 2.23. The minimum absolute atomic E-state index is 0.0137. The molecule has 0 bridgehead atoms. The minimum atomic E-state index is -0.857. The standard InChI is InChI=1S/C12H11NO3/c1-16-10-4-2-3-9-5-8(6-11(14)15)7-13-12(9)10/h2-5,7H,6H2,1H3,(H,14,15). The molecule has 82 valence electrons. The smallest absolute Gasteiger partial charge is 0.307 e. The van der Waals surface area contributed by atoms with Gasteiger partial charge in [0.25, 0.3) is 0 Å². The molecule has 0 aliphatic carbocycles. The molecule has 0 unspecified atom stereocenters. The zero-order valence-electron chi connectivity index (χ0n) is 8.80. The van der Waals surface area contributed by atoms with Crippen LogP contribution < -0.4 is 4.74 Å². The number of pyridine rings is 1. The van der Waals surface area contributed by atoms with E-state index in [9.17, 15) is 4.79 Å². The quantitative estimate of drug-likeness (QED) is 0.852. The van der Waals surface area contributed by atoms with Gasteiger partial charge in [-0.25, -0.2) is 0 Å². The van der Waals surface area contributed by atoms with Crippen molar-refractivity contribution in [1.82, 2.24) is 4.98 Å². The summed E-state index contributed by atoms with van der Waals surface area (Å²) in [4.78, 5) is 14.8. The Hall–Kier alpha value is -2.10. The van der Waals surface area contributed by atoms with Gasteiger partial charge in [-0.1, -0.05) is 12.1 Å². The number of carboxylic acid groups (broad SMARTS) is 1. The summed E-state index contributed by atoms with van der Waals surface area (Å²) in [6.45, 7) is 0. The lowest BCUT2D eigenvalue weighted by molar-refractivity contribution is -0.136. The molecule has 0 radical (unpaired) electrons. The number of hydrogen-bond acceptors (Lipinski definition) is 3. The third kappa shape index (κ3) is 1.95. The van der Waals surface area contributed by atoms with Crippen LogP contribution in [0.5, 0.6) is 5.75 Å². The van der Waals surface area contributed by atoms with Crippen LogP contribution in [-0.2, 0) is 11.2 Å². The monoisotopic (exact) mass is 217 g/mol. The predicted octanol–water partition coefficient (Wildman–Crippen LogP) is 1.87. The van der Waals surface area contributed by atoms with Crippen molar-refractivity contribution in [3.63, 3.8) is 0 Å². The van der Waals surface area contributed by atoms with E-state index < -0.39 is 5.97 Å². The summed E-state index contributed by atoms with van der Waals surface area (Å²) in [5, 5.41) is 9.57. The van der Waals surface area contributed by atoms with Crippen LogP contribution in [0.25, 0.3) is 10.9 Å². The topological polar surface area (TPSA) is 59.4 Å². The summed E-state index contributed by atoms with van der Waals surface area (Å²) in [5.74, 6) is -0.163. The lowest BCUT2D eigenvalue weighted by Crippen LogP contribution is -2.00. The fourth-order valence-electron chi connectivity index (χ4n) is 1.61. The maximum atomic E-state index is 10.6. The van der Waals surface area contributed by atoms with Crippen LogP contribution in [0.3, 0.4) is 0 Å². The predicted molar refractivity (Wildman–Crippen MR) is 59.6 cm³/mol. The Bertz CT molecular complexity index is 537. The Morgan fingerprint density at radius 1 is 1.50 bits per heavy atom. The molecular weight excluding hydrogens is 206 g/mol. The second-order valence-electron chi connectivity index (χ2n) is 3.45. The molecule has 0 saturated carbocycles. The van der Waals surface area contributed by atoms with E-state index in [2.05, 4.69) is 4.98 Å². The van der Waals surface area contributed by atoms with E-state index in [1.165, 1.54) is 0 Å². The van der Waals surface area contributed by atoms with Crippen molar-refractivity contribution in [3.8, 4) is 5.75 Å². The fourth-order valence-corrected chi connectivity index (χ4v) is 1.61. The molecule has 16 heavy (non-hydrogen) atoms. The molecule has 1 aromatic heterocycles. The van der Waals surface area contributed by atoms with E-state index in [1.807, 2.05) is 24.3 Å². The van der Waals surface area contributed by atoms with Gasteiger partial charge in [0.05, 0.1) is 13.5 Å². The van der Waals surface area contributed by atoms with Gasteiger partial charge < -0.3 is 9.84 Å². The van der Waals surface area contributed by atoms with Crippen LogP contribution in [-0.4, -0.2) is 23.2 Å². The molecule has 0 atom stereocenters. The number of carbonyl (C=O) groups is 1. The molecule has 0 aliphatic heterocycles. The van der Waals surface area contributed by atoms with Gasteiger partial charge in [-0.15, -0.1) is 0 Å². The third-order valence-corrected chi connectivity index (χ3v) is 2.31. The number of rotatable bonds is 3. The summed E-state index contributed by atoms with van der Waals surface area (Å²) in [6, 6.07) is 7.38. The van der Waals surface area contributed by atoms with Crippen molar-refractivity contribution in [2.45, 2.75) is 6.42 Å². The van der Waals surface area contributed by atoms with Gasteiger partial charge in [-0.05, 0) is 17.7 Å². The molecule has 0 saturated heterocycles. The third-order valence-electron chi connectivity index (χ3n) is 2.31. The van der Waals surface area contributed by atoms with Crippen molar-refractivity contribution in [2.24, 2.45) is 0 Å². The van der Waals surface area contributed by atoms with Crippen LogP contribution in [0, 0.1) is 0 Å². The molecule has 2 rings (SSSR count). The first-order chi connectivity index (χ1) is 7.70. The number of ether oxygens (including phenoxy) is 1. The van der Waals surface area contributed by atoms with E-state index in [0.29, 0.717) is 11.3 Å². The average molecular weight is 217 g/mol. The van der Waals surface area contributed by atoms with E-state index in [-0.39, 0.29) is 6.42 Å². The number of para-hydroxylation sites is 1. The Kier molecular flexibility index (Phi) is 2.72. The van der Waals surface area contributed by atoms with Gasteiger partial charge >= 0.3 is 5.97 Å². The molecule has 2 aromatic rings. The number of aliphatic carboxylic acids is 1. The minimum Gasteiger partial charge on any atom is -0.494 e. The number of nitrogens with zero attached hydrogens (tertiary/aromatic N) is 1. The Morgan fingerprint density at radius 2 is 2.31 bits per heavy atom. The normalized spacial score (nSPS) is 10.3. The van der Waals surface area contributed by atoms with Crippen molar-refractivity contribution in [1.29, 1.82) is 0 Å². The summed E-state index contributed by atoms with van der Waals surface area (Å²) >= 11 is 0. The van der Waals surface area contributed by atoms with Crippen LogP contribution in [0.1, 0.15) is 5.56 Å². The number of aromatic nitrogens is 1. The zero-order chi connectivity index (χ0) is 11.5. The van der Waals surface area contributed by atoms with Crippen LogP contribution in [0.2, 0.25) is 0 Å². The summed E-state index contributed by atoms with van der Waals surface area (Å²) in [6.07, 6.45) is 1.55. The highest BCUT2D eigenvalue weighted by molar-refractivity contribution is 5.85. The second-order valence-corrected chi connectivity index (χ2v) is 3.45. The molecule has 4 nitrogen and oxygen atoms in total. The Labute approximate surface area is 92.5 Å². The molecule has 1 aromatic carbocycles. The summed E-state index contributed by atoms with van der Waals surface area (Å²) in [7, 11) is 1.58. The maximum Gasteiger partial charge on any atom is 0.307 e. The lowest BCUT2D eigenvalue weighted by Gasteiger charge is -2.05. The zero-order valence-corrected chi connectivity index (χ0v) is 8.80. The first-order valence-corrected chi connectivity index (χ1v) is 4.84. The van der Waals surface area contributed by atoms with Gasteiger partial charge in [0, 0.05) is 11.6 Å². The van der Waals surface area contributed by atoms with Gasteiger partial charge in [-0.3, -0.25) is 9.78 Å². The van der Waals surface area contributed by atoms with Gasteiger partial charge in [0.2, 0.25) is 0 Å². The number of carboxylic acids is 1.